The minimum Gasteiger partial charge on any atom is -0.480 e. The Balaban J connectivity index is 1.87. The van der Waals surface area contributed by atoms with E-state index in [2.05, 4.69) is 14.9 Å². The van der Waals surface area contributed by atoms with Gasteiger partial charge in [-0.3, -0.25) is 4.79 Å². The van der Waals surface area contributed by atoms with Crippen molar-refractivity contribution in [3.05, 3.63) is 17.7 Å². The first-order valence-electron chi connectivity index (χ1n) is 7.63. The first-order chi connectivity index (χ1) is 9.66. The van der Waals surface area contributed by atoms with Gasteiger partial charge in [0.25, 0.3) is 0 Å². The number of carboxylic acid groups (broad SMARTS) is 1. The number of nitrogens with one attached hydrogen (secondary N) is 1. The zero-order valence-corrected chi connectivity index (χ0v) is 12.1. The molecule has 1 heterocycles. The van der Waals surface area contributed by atoms with Crippen LogP contribution in [0.1, 0.15) is 56.0 Å². The van der Waals surface area contributed by atoms with E-state index < -0.39 is 11.5 Å². The molecule has 0 amide bonds. The molecule has 0 aliphatic heterocycles. The Morgan fingerprint density at radius 3 is 3.00 bits per heavy atom. The van der Waals surface area contributed by atoms with E-state index in [0.29, 0.717) is 12.8 Å². The van der Waals surface area contributed by atoms with E-state index in [4.69, 9.17) is 0 Å². The second kappa shape index (κ2) is 5.20. The van der Waals surface area contributed by atoms with Crippen LogP contribution in [0.15, 0.2) is 6.33 Å². The zero-order chi connectivity index (χ0) is 14.2. The van der Waals surface area contributed by atoms with Gasteiger partial charge in [0.1, 0.15) is 5.54 Å². The molecule has 1 aromatic rings. The monoisotopic (exact) mass is 277 g/mol. The smallest absolute Gasteiger partial charge is 0.323 e. The van der Waals surface area contributed by atoms with Gasteiger partial charge in [-0.2, -0.15) is 0 Å². The zero-order valence-electron chi connectivity index (χ0n) is 12.1. The molecule has 3 rings (SSSR count). The molecule has 110 valence electrons. The number of aromatic nitrogens is 2. The third-order valence-corrected chi connectivity index (χ3v) is 5.07. The SMILES string of the molecule is CNC1(C(=O)O)CCCC(n2cnc3c2CCCC3)C1. The number of aliphatic carboxylic acids is 1. The second-order valence-electron chi connectivity index (χ2n) is 6.14. The van der Waals surface area contributed by atoms with Gasteiger partial charge in [-0.25, -0.2) is 4.98 Å². The van der Waals surface area contributed by atoms with Crippen molar-refractivity contribution < 1.29 is 9.90 Å². The van der Waals surface area contributed by atoms with Gasteiger partial charge in [-0.1, -0.05) is 0 Å². The Morgan fingerprint density at radius 1 is 1.45 bits per heavy atom. The first kappa shape index (κ1) is 13.6. The Bertz CT molecular complexity index is 511. The summed E-state index contributed by atoms with van der Waals surface area (Å²) in [7, 11) is 1.76. The van der Waals surface area contributed by atoms with Crippen LogP contribution in [-0.4, -0.2) is 33.2 Å². The van der Waals surface area contributed by atoms with Crippen molar-refractivity contribution in [2.45, 2.75) is 62.9 Å². The Labute approximate surface area is 119 Å². The molecule has 0 radical (unpaired) electrons. The highest BCUT2D eigenvalue weighted by Crippen LogP contribution is 2.37. The lowest BCUT2D eigenvalue weighted by molar-refractivity contribution is -0.146. The Hall–Kier alpha value is -1.36. The average Bonchev–Trinajstić information content (AvgIpc) is 2.91. The molecule has 0 spiro atoms. The molecule has 2 unspecified atom stereocenters. The van der Waals surface area contributed by atoms with E-state index in [9.17, 15) is 9.90 Å². The van der Waals surface area contributed by atoms with Crippen molar-refractivity contribution in [1.29, 1.82) is 0 Å². The summed E-state index contributed by atoms with van der Waals surface area (Å²) in [5.74, 6) is -0.723. The van der Waals surface area contributed by atoms with Crippen LogP contribution in [-0.2, 0) is 17.6 Å². The van der Waals surface area contributed by atoms with E-state index in [1.165, 1.54) is 24.2 Å². The summed E-state index contributed by atoms with van der Waals surface area (Å²) in [6.45, 7) is 0. The summed E-state index contributed by atoms with van der Waals surface area (Å²) >= 11 is 0. The van der Waals surface area contributed by atoms with Crippen molar-refractivity contribution >= 4 is 5.97 Å². The average molecular weight is 277 g/mol. The highest BCUT2D eigenvalue weighted by atomic mass is 16.4. The predicted molar refractivity (Wildman–Crippen MR) is 75.8 cm³/mol. The molecule has 1 aromatic heterocycles. The molecular weight excluding hydrogens is 254 g/mol. The van der Waals surface area contributed by atoms with Gasteiger partial charge in [-0.15, -0.1) is 0 Å². The molecular formula is C15H23N3O2. The number of carbonyl (C=O) groups is 1. The molecule has 1 fully saturated rings. The van der Waals surface area contributed by atoms with Crippen LogP contribution in [0.2, 0.25) is 0 Å². The number of hydrogen-bond donors (Lipinski definition) is 2. The third-order valence-electron chi connectivity index (χ3n) is 5.07. The van der Waals surface area contributed by atoms with Crippen LogP contribution >= 0.6 is 0 Å². The topological polar surface area (TPSA) is 67.2 Å². The number of aryl methyl sites for hydroxylation is 1. The molecule has 20 heavy (non-hydrogen) atoms. The third kappa shape index (κ3) is 2.14. The maximum Gasteiger partial charge on any atom is 0.323 e. The number of rotatable bonds is 3. The quantitative estimate of drug-likeness (QED) is 0.886. The van der Waals surface area contributed by atoms with Crippen molar-refractivity contribution in [1.82, 2.24) is 14.9 Å². The van der Waals surface area contributed by atoms with Crippen LogP contribution in [0.5, 0.6) is 0 Å². The fourth-order valence-corrected chi connectivity index (χ4v) is 3.82. The van der Waals surface area contributed by atoms with Crippen LogP contribution in [0.3, 0.4) is 0 Å². The van der Waals surface area contributed by atoms with Crippen LogP contribution in [0.25, 0.3) is 0 Å². The Kier molecular flexibility index (Phi) is 3.54. The standard InChI is InChI=1S/C15H23N3O2/c1-16-15(14(19)20)8-4-5-11(9-15)18-10-17-12-6-2-3-7-13(12)18/h10-11,16H,2-9H2,1H3,(H,19,20). The normalized spacial score (nSPS) is 29.9. The largest absolute Gasteiger partial charge is 0.480 e. The van der Waals surface area contributed by atoms with Crippen LogP contribution in [0.4, 0.5) is 0 Å². The van der Waals surface area contributed by atoms with Crippen molar-refractivity contribution in [3.8, 4) is 0 Å². The first-order valence-corrected chi connectivity index (χ1v) is 7.63. The molecule has 2 aliphatic carbocycles. The van der Waals surface area contributed by atoms with Crippen LogP contribution < -0.4 is 5.32 Å². The lowest BCUT2D eigenvalue weighted by Crippen LogP contribution is -2.53. The van der Waals surface area contributed by atoms with E-state index in [-0.39, 0.29) is 6.04 Å². The van der Waals surface area contributed by atoms with Crippen molar-refractivity contribution in [3.63, 3.8) is 0 Å². The van der Waals surface area contributed by atoms with Gasteiger partial charge < -0.3 is 15.0 Å². The lowest BCUT2D eigenvalue weighted by atomic mass is 9.78. The number of hydrogen-bond acceptors (Lipinski definition) is 3. The number of carboxylic acids is 1. The summed E-state index contributed by atoms with van der Waals surface area (Å²) in [6.07, 6.45) is 9.93. The fraction of sp³-hybridized carbons (Fsp3) is 0.733. The van der Waals surface area contributed by atoms with Gasteiger partial charge in [0.15, 0.2) is 0 Å². The number of imidazole rings is 1. The molecule has 5 nitrogen and oxygen atoms in total. The van der Waals surface area contributed by atoms with Gasteiger partial charge in [-0.05, 0) is 58.4 Å². The van der Waals surface area contributed by atoms with Gasteiger partial charge >= 0.3 is 5.97 Å². The summed E-state index contributed by atoms with van der Waals surface area (Å²) in [6, 6.07) is 0.265. The second-order valence-corrected chi connectivity index (χ2v) is 6.14. The van der Waals surface area contributed by atoms with Gasteiger partial charge in [0.05, 0.1) is 12.0 Å². The molecule has 2 N–H and O–H groups in total. The summed E-state index contributed by atoms with van der Waals surface area (Å²) in [4.78, 5) is 16.2. The van der Waals surface area contributed by atoms with E-state index in [0.717, 1.165) is 25.7 Å². The lowest BCUT2D eigenvalue weighted by Gasteiger charge is -2.38. The molecule has 0 aromatic carbocycles. The van der Waals surface area contributed by atoms with Crippen molar-refractivity contribution in [2.24, 2.45) is 0 Å². The minimum absolute atomic E-state index is 0.265. The van der Waals surface area contributed by atoms with E-state index in [1.807, 2.05) is 6.33 Å². The molecule has 5 heteroatoms. The summed E-state index contributed by atoms with van der Waals surface area (Å²) in [5.41, 5.74) is 1.81. The predicted octanol–water partition coefficient (Wildman–Crippen LogP) is 1.92. The highest BCUT2D eigenvalue weighted by Gasteiger charge is 2.42. The minimum atomic E-state index is -0.769. The number of nitrogens with zero attached hydrogens (tertiary/aromatic N) is 2. The fourth-order valence-electron chi connectivity index (χ4n) is 3.82. The maximum absolute atomic E-state index is 11.6. The van der Waals surface area contributed by atoms with E-state index in [1.54, 1.807) is 7.05 Å². The van der Waals surface area contributed by atoms with Gasteiger partial charge in [0.2, 0.25) is 0 Å². The summed E-state index contributed by atoms with van der Waals surface area (Å²) in [5, 5.41) is 12.6. The molecule has 2 atom stereocenters. The molecule has 0 bridgehead atoms. The molecule has 0 saturated heterocycles. The van der Waals surface area contributed by atoms with Crippen LogP contribution in [0, 0.1) is 0 Å². The maximum atomic E-state index is 11.6. The van der Waals surface area contributed by atoms with Gasteiger partial charge in [0, 0.05) is 11.7 Å². The Morgan fingerprint density at radius 2 is 2.25 bits per heavy atom. The van der Waals surface area contributed by atoms with E-state index >= 15 is 0 Å². The summed E-state index contributed by atoms with van der Waals surface area (Å²) < 4.78 is 2.27. The molecule has 1 saturated carbocycles. The highest BCUT2D eigenvalue weighted by molar-refractivity contribution is 5.79. The number of likely N-dealkylation sites (N-methyl/N-ethyl adjacent to an activating group) is 1. The molecule has 2 aliphatic rings. The number of fused-ring (bicyclic) bond motifs is 1. The van der Waals surface area contributed by atoms with Crippen molar-refractivity contribution in [2.75, 3.05) is 7.05 Å².